The van der Waals surface area contributed by atoms with Crippen molar-refractivity contribution in [1.82, 2.24) is 28.5 Å². The first-order valence-electron chi connectivity index (χ1n) is 27.1. The Morgan fingerprint density at radius 2 is 0.658 bits per heavy atom. The molecule has 5 heterocycles. The smallest absolute Gasteiger partial charge is 0.252 e. The molecule has 0 spiro atoms. The molecule has 0 N–H and O–H groups in total. The van der Waals surface area contributed by atoms with E-state index in [2.05, 4.69) is 225 Å². The van der Waals surface area contributed by atoms with Crippen LogP contribution in [0.5, 0.6) is 0 Å². The van der Waals surface area contributed by atoms with Gasteiger partial charge in [0, 0.05) is 49.5 Å². The molecule has 0 aliphatic heterocycles. The van der Waals surface area contributed by atoms with E-state index in [1.165, 1.54) is 44.9 Å². The number of nitriles is 1. The molecular weight excluding hydrogens is 931 g/mol. The third-order valence-electron chi connectivity index (χ3n) is 15.9. The number of hydrogen-bond donors (Lipinski definition) is 0. The molecular formula is C68H55N7O. The monoisotopic (exact) mass is 985 g/mol. The van der Waals surface area contributed by atoms with E-state index in [1.807, 2.05) is 0 Å². The number of hydrogen-bond acceptors (Lipinski definition) is 4. The Hall–Kier alpha value is -9.19. The average Bonchev–Trinajstić information content (AvgIpc) is 4.39. The first-order chi connectivity index (χ1) is 37.7. The van der Waals surface area contributed by atoms with Gasteiger partial charge in [-0.1, -0.05) is 204 Å². The number of para-hydroxylation sites is 8. The van der Waals surface area contributed by atoms with Gasteiger partial charge >= 0.3 is 0 Å². The topological polar surface area (TPSA) is 82.4 Å². The molecule has 0 aliphatic carbocycles. The fraction of sp³-hybridized carbons (Fsp3) is 0.162. The molecule has 368 valence electrons. The molecule has 8 nitrogen and oxygen atoms in total. The Morgan fingerprint density at radius 3 is 1.01 bits per heavy atom. The summed E-state index contributed by atoms with van der Waals surface area (Å²) in [6.07, 6.45) is 11.6. The molecule has 76 heavy (non-hydrogen) atoms. The van der Waals surface area contributed by atoms with E-state index in [-0.39, 0.29) is 0 Å². The van der Waals surface area contributed by atoms with Crippen molar-refractivity contribution in [2.75, 3.05) is 0 Å². The lowest BCUT2D eigenvalue weighted by atomic mass is 9.97. The number of benzene rings is 9. The SMILES string of the molecule is CCCCCCCCCCCc1nnc(-c2c(-n3c4ccccc4c4ccccc43)c(C#N)c(-n3c4ccccc4c4ccccc43)c(-n3c4ccccc4c4ccccc43)c2-n2c3ccccc3c3ccccc32)o1. The summed E-state index contributed by atoms with van der Waals surface area (Å²) in [7, 11) is 0. The van der Waals surface area contributed by atoms with Gasteiger partial charge in [-0.15, -0.1) is 10.2 Å². The van der Waals surface area contributed by atoms with Crippen LogP contribution in [0.1, 0.15) is 76.2 Å². The van der Waals surface area contributed by atoms with Crippen LogP contribution in [0.2, 0.25) is 0 Å². The van der Waals surface area contributed by atoms with Crippen LogP contribution in [-0.4, -0.2) is 28.5 Å². The normalized spacial score (nSPS) is 12.0. The Morgan fingerprint density at radius 1 is 0.355 bits per heavy atom. The highest BCUT2D eigenvalue weighted by Crippen LogP contribution is 2.51. The minimum Gasteiger partial charge on any atom is -0.421 e. The van der Waals surface area contributed by atoms with Crippen LogP contribution in [-0.2, 0) is 6.42 Å². The standard InChI is InChI=1S/C68H55N7O/c1-2-3-4-5-6-7-8-9-10-43-62-70-71-68(76-62)63-64(72-54-35-19-11-27-45(54)46-28-12-20-36-55(46)72)53(44-69)65(73-56-37-21-13-29-47(56)48-30-14-22-38-57(48)73)67(75-60-41-25-17-33-51(60)52-34-18-26-42-61(52)75)66(63)74-58-39-23-15-31-49(58)50-32-16-24-40-59(50)74/h11-42H,2-10,43H2,1H3. The predicted octanol–water partition coefficient (Wildman–Crippen LogP) is 18.1. The van der Waals surface area contributed by atoms with Gasteiger partial charge in [0.25, 0.3) is 5.89 Å². The summed E-state index contributed by atoms with van der Waals surface area (Å²) in [4.78, 5) is 0. The van der Waals surface area contributed by atoms with Gasteiger partial charge in [-0.25, -0.2) is 0 Å². The van der Waals surface area contributed by atoms with Gasteiger partial charge in [-0.3, -0.25) is 0 Å². The highest BCUT2D eigenvalue weighted by atomic mass is 16.4. The number of aromatic nitrogens is 6. The number of fused-ring (bicyclic) bond motifs is 12. The third-order valence-corrected chi connectivity index (χ3v) is 15.9. The van der Waals surface area contributed by atoms with E-state index in [0.717, 1.165) is 117 Å². The van der Waals surface area contributed by atoms with Crippen molar-refractivity contribution in [2.45, 2.75) is 71.1 Å². The maximum absolute atomic E-state index is 12.7. The van der Waals surface area contributed by atoms with Gasteiger partial charge in [0.2, 0.25) is 5.89 Å². The largest absolute Gasteiger partial charge is 0.421 e. The van der Waals surface area contributed by atoms with Crippen molar-refractivity contribution in [1.29, 1.82) is 5.26 Å². The number of rotatable bonds is 15. The molecule has 0 fully saturated rings. The fourth-order valence-electron chi connectivity index (χ4n) is 12.6. The van der Waals surface area contributed by atoms with Crippen molar-refractivity contribution in [3.63, 3.8) is 0 Å². The summed E-state index contributed by atoms with van der Waals surface area (Å²) < 4.78 is 16.7. The highest BCUT2D eigenvalue weighted by molar-refractivity contribution is 6.16. The van der Waals surface area contributed by atoms with Gasteiger partial charge in [0.1, 0.15) is 11.6 Å². The maximum atomic E-state index is 12.7. The molecule has 0 aliphatic rings. The molecule has 14 rings (SSSR count). The molecule has 0 atom stereocenters. The van der Waals surface area contributed by atoms with Crippen LogP contribution in [0.3, 0.4) is 0 Å². The van der Waals surface area contributed by atoms with Crippen LogP contribution < -0.4 is 0 Å². The quantitative estimate of drug-likeness (QED) is 0.0958. The van der Waals surface area contributed by atoms with E-state index in [0.29, 0.717) is 35.0 Å². The zero-order valence-electron chi connectivity index (χ0n) is 42.6. The van der Waals surface area contributed by atoms with E-state index >= 15 is 0 Å². The summed E-state index contributed by atoms with van der Waals surface area (Å²) in [5.74, 6) is 0.939. The summed E-state index contributed by atoms with van der Waals surface area (Å²) >= 11 is 0. The minimum atomic E-state index is 0.354. The summed E-state index contributed by atoms with van der Waals surface area (Å²) in [6.45, 7) is 2.27. The van der Waals surface area contributed by atoms with Gasteiger partial charge in [0.05, 0.1) is 72.4 Å². The molecule has 0 radical (unpaired) electrons. The van der Waals surface area contributed by atoms with Crippen molar-refractivity contribution >= 4 is 87.2 Å². The van der Waals surface area contributed by atoms with E-state index in [4.69, 9.17) is 14.6 Å². The van der Waals surface area contributed by atoms with Crippen molar-refractivity contribution in [3.05, 3.63) is 206 Å². The first-order valence-corrected chi connectivity index (χ1v) is 27.1. The fourth-order valence-corrected chi connectivity index (χ4v) is 12.6. The number of aryl methyl sites for hydroxylation is 1. The second-order valence-corrected chi connectivity index (χ2v) is 20.3. The molecule has 0 saturated heterocycles. The molecule has 0 bridgehead atoms. The van der Waals surface area contributed by atoms with E-state index in [1.54, 1.807) is 0 Å². The second kappa shape index (κ2) is 18.9. The van der Waals surface area contributed by atoms with E-state index in [9.17, 15) is 5.26 Å². The zero-order chi connectivity index (χ0) is 50.7. The van der Waals surface area contributed by atoms with Crippen molar-refractivity contribution in [3.8, 4) is 40.3 Å². The lowest BCUT2D eigenvalue weighted by Crippen LogP contribution is -2.16. The number of nitrogens with zero attached hydrogens (tertiary/aromatic N) is 7. The molecule has 0 unspecified atom stereocenters. The molecule has 5 aromatic heterocycles. The van der Waals surface area contributed by atoms with Crippen molar-refractivity contribution < 1.29 is 4.42 Å². The van der Waals surface area contributed by atoms with Crippen LogP contribution in [0.15, 0.2) is 199 Å². The Bertz CT molecular complexity index is 4380. The molecule has 8 heteroatoms. The van der Waals surface area contributed by atoms with Gasteiger partial charge in [-0.2, -0.15) is 5.26 Å². The van der Waals surface area contributed by atoms with Crippen molar-refractivity contribution in [2.24, 2.45) is 0 Å². The summed E-state index contributed by atoms with van der Waals surface area (Å²) in [6, 6.07) is 72.0. The highest BCUT2D eigenvalue weighted by Gasteiger charge is 2.36. The van der Waals surface area contributed by atoms with Gasteiger partial charge in [-0.05, 0) is 55.0 Å². The maximum Gasteiger partial charge on any atom is 0.252 e. The Balaban J connectivity index is 1.20. The lowest BCUT2D eigenvalue weighted by molar-refractivity contribution is 0.485. The van der Waals surface area contributed by atoms with Crippen LogP contribution in [0.4, 0.5) is 0 Å². The molecule has 14 aromatic rings. The van der Waals surface area contributed by atoms with Gasteiger partial charge < -0.3 is 22.7 Å². The molecule has 9 aromatic carbocycles. The summed E-state index contributed by atoms with van der Waals surface area (Å²) in [5, 5.41) is 31.5. The first kappa shape index (κ1) is 45.4. The lowest BCUT2D eigenvalue weighted by Gasteiger charge is -2.28. The minimum absolute atomic E-state index is 0.354. The molecule has 0 saturated carbocycles. The summed E-state index contributed by atoms with van der Waals surface area (Å²) in [5.41, 5.74) is 12.1. The van der Waals surface area contributed by atoms with Crippen LogP contribution in [0.25, 0.3) is 121 Å². The second-order valence-electron chi connectivity index (χ2n) is 20.3. The van der Waals surface area contributed by atoms with Gasteiger partial charge in [0.15, 0.2) is 0 Å². The average molecular weight is 986 g/mol. The van der Waals surface area contributed by atoms with Crippen LogP contribution >= 0.6 is 0 Å². The predicted molar refractivity (Wildman–Crippen MR) is 313 cm³/mol. The third kappa shape index (κ3) is 7.10. The zero-order valence-corrected chi connectivity index (χ0v) is 42.6. The number of unbranched alkanes of at least 4 members (excludes halogenated alkanes) is 8. The van der Waals surface area contributed by atoms with Crippen LogP contribution in [0, 0.1) is 11.3 Å². The van der Waals surface area contributed by atoms with E-state index < -0.39 is 0 Å². The molecule has 0 amide bonds. The Kier molecular flexibility index (Phi) is 11.3. The Labute approximate surface area is 440 Å².